The first-order valence-corrected chi connectivity index (χ1v) is 11.8. The number of rotatable bonds is 6. The summed E-state index contributed by atoms with van der Waals surface area (Å²) < 4.78 is 34.1. The van der Waals surface area contributed by atoms with Crippen molar-refractivity contribution in [2.75, 3.05) is 13.1 Å². The Kier molecular flexibility index (Phi) is 7.24. The lowest BCUT2D eigenvalue weighted by Crippen LogP contribution is -2.40. The smallest absolute Gasteiger partial charge is 0.216 e. The molecule has 174 valence electrons. The molecule has 1 aliphatic heterocycles. The molecule has 1 aromatic heterocycles. The van der Waals surface area contributed by atoms with Gasteiger partial charge in [-0.2, -0.15) is 0 Å². The van der Waals surface area contributed by atoms with Gasteiger partial charge < -0.3 is 15.2 Å². The zero-order valence-corrected chi connectivity index (χ0v) is 20.1. The van der Waals surface area contributed by atoms with Crippen molar-refractivity contribution in [2.24, 2.45) is 0 Å². The third-order valence-electron chi connectivity index (χ3n) is 6.19. The van der Waals surface area contributed by atoms with Gasteiger partial charge in [0.1, 0.15) is 5.69 Å². The van der Waals surface area contributed by atoms with E-state index in [-0.39, 0.29) is 23.8 Å². The molecule has 0 spiro atoms. The number of hydrogen-bond acceptors (Lipinski definition) is 4. The van der Waals surface area contributed by atoms with Crippen LogP contribution in [-0.2, 0) is 11.2 Å². The van der Waals surface area contributed by atoms with Crippen LogP contribution in [0.1, 0.15) is 48.9 Å². The van der Waals surface area contributed by atoms with Crippen LogP contribution < -0.4 is 10.6 Å². The highest BCUT2D eigenvalue weighted by Gasteiger charge is 2.35. The Labute approximate surface area is 200 Å². The number of hydrogen-bond donors (Lipinski definition) is 2. The average Bonchev–Trinajstić information content (AvgIpc) is 3.16. The van der Waals surface area contributed by atoms with E-state index in [1.54, 1.807) is 6.07 Å². The maximum Gasteiger partial charge on any atom is 0.216 e. The highest BCUT2D eigenvalue weighted by molar-refractivity contribution is 9.10. The van der Waals surface area contributed by atoms with Gasteiger partial charge in [-0.15, -0.1) is 0 Å². The van der Waals surface area contributed by atoms with Crippen LogP contribution in [0.5, 0.6) is 0 Å². The summed E-state index contributed by atoms with van der Waals surface area (Å²) in [5.74, 6) is -1.27. The Morgan fingerprint density at radius 3 is 2.76 bits per heavy atom. The van der Waals surface area contributed by atoms with Gasteiger partial charge >= 0.3 is 0 Å². The first kappa shape index (κ1) is 23.6. The van der Waals surface area contributed by atoms with Gasteiger partial charge in [0, 0.05) is 37.5 Å². The maximum atomic E-state index is 14.0. The van der Waals surface area contributed by atoms with Gasteiger partial charge in [-0.25, -0.2) is 8.78 Å². The van der Waals surface area contributed by atoms with Crippen molar-refractivity contribution >= 4 is 21.8 Å². The van der Waals surface area contributed by atoms with Crippen LogP contribution in [0.2, 0.25) is 0 Å². The fraction of sp³-hybridized carbons (Fsp3) is 0.360. The SMILES string of the molecule is CC(=O)NCCc1ccccc1-c1onc([C@H]2CN[C@@H](C)C[C@@H]2c2ccc(F)c(F)c2)c1Br. The summed E-state index contributed by atoms with van der Waals surface area (Å²) >= 11 is 3.70. The van der Waals surface area contributed by atoms with Gasteiger partial charge in [0.05, 0.1) is 4.47 Å². The molecule has 3 aromatic rings. The number of halogens is 3. The highest BCUT2D eigenvalue weighted by atomic mass is 79.9. The maximum absolute atomic E-state index is 14.0. The quantitative estimate of drug-likeness (QED) is 0.464. The zero-order valence-electron chi connectivity index (χ0n) is 18.5. The van der Waals surface area contributed by atoms with Crippen LogP contribution in [-0.4, -0.2) is 30.2 Å². The predicted octanol–water partition coefficient (Wildman–Crippen LogP) is 5.31. The van der Waals surface area contributed by atoms with Crippen molar-refractivity contribution in [3.63, 3.8) is 0 Å². The number of carbonyl (C=O) groups is 1. The van der Waals surface area contributed by atoms with Crippen molar-refractivity contribution in [2.45, 2.75) is 44.6 Å². The Bertz CT molecular complexity index is 1150. The number of benzene rings is 2. The number of piperidine rings is 1. The van der Waals surface area contributed by atoms with Crippen molar-refractivity contribution in [1.29, 1.82) is 0 Å². The third kappa shape index (κ3) is 5.17. The molecule has 33 heavy (non-hydrogen) atoms. The molecule has 1 aliphatic rings. The zero-order chi connectivity index (χ0) is 23.5. The fourth-order valence-electron chi connectivity index (χ4n) is 4.52. The number of carbonyl (C=O) groups excluding carboxylic acids is 1. The lowest BCUT2D eigenvalue weighted by atomic mass is 9.77. The van der Waals surface area contributed by atoms with Crippen molar-refractivity contribution in [3.05, 3.63) is 75.4 Å². The van der Waals surface area contributed by atoms with Crippen LogP contribution >= 0.6 is 15.9 Å². The minimum absolute atomic E-state index is 0.0411. The van der Waals surface area contributed by atoms with Crippen LogP contribution in [0, 0.1) is 11.6 Å². The molecule has 2 aromatic carbocycles. The molecule has 1 fully saturated rings. The van der Waals surface area contributed by atoms with E-state index in [0.717, 1.165) is 33.3 Å². The van der Waals surface area contributed by atoms with E-state index in [4.69, 9.17) is 4.52 Å². The fourth-order valence-corrected chi connectivity index (χ4v) is 5.17. The van der Waals surface area contributed by atoms with Gasteiger partial charge in [0.2, 0.25) is 5.91 Å². The molecule has 5 nitrogen and oxygen atoms in total. The van der Waals surface area contributed by atoms with E-state index >= 15 is 0 Å². The molecule has 0 bridgehead atoms. The Hall–Kier alpha value is -2.58. The van der Waals surface area contributed by atoms with Crippen LogP contribution in [0.4, 0.5) is 8.78 Å². The molecule has 1 amide bonds. The predicted molar refractivity (Wildman–Crippen MR) is 126 cm³/mol. The highest BCUT2D eigenvalue weighted by Crippen LogP contribution is 2.44. The summed E-state index contributed by atoms with van der Waals surface area (Å²) in [4.78, 5) is 11.2. The van der Waals surface area contributed by atoms with E-state index in [0.29, 0.717) is 25.3 Å². The van der Waals surface area contributed by atoms with Crippen LogP contribution in [0.3, 0.4) is 0 Å². The first-order chi connectivity index (χ1) is 15.8. The number of amides is 1. The first-order valence-electron chi connectivity index (χ1n) is 11.0. The van der Waals surface area contributed by atoms with Crippen molar-refractivity contribution < 1.29 is 18.1 Å². The molecular formula is C25H26BrF2N3O2. The van der Waals surface area contributed by atoms with E-state index < -0.39 is 11.6 Å². The average molecular weight is 518 g/mol. The van der Waals surface area contributed by atoms with Gasteiger partial charge in [-0.3, -0.25) is 4.79 Å². The summed E-state index contributed by atoms with van der Waals surface area (Å²) in [5.41, 5.74) is 3.42. The second kappa shape index (κ2) is 10.1. The van der Waals surface area contributed by atoms with Gasteiger partial charge in [-0.1, -0.05) is 35.5 Å². The molecule has 0 aliphatic carbocycles. The lowest BCUT2D eigenvalue weighted by molar-refractivity contribution is -0.118. The van der Waals surface area contributed by atoms with E-state index in [1.807, 2.05) is 24.3 Å². The van der Waals surface area contributed by atoms with E-state index in [2.05, 4.69) is 38.6 Å². The van der Waals surface area contributed by atoms with Crippen LogP contribution in [0.25, 0.3) is 11.3 Å². The summed E-state index contributed by atoms with van der Waals surface area (Å²) in [6.07, 6.45) is 1.41. The summed E-state index contributed by atoms with van der Waals surface area (Å²) in [6.45, 7) is 4.73. The molecule has 0 unspecified atom stereocenters. The van der Waals surface area contributed by atoms with E-state index in [9.17, 15) is 13.6 Å². The molecule has 2 heterocycles. The molecular weight excluding hydrogens is 492 g/mol. The van der Waals surface area contributed by atoms with Gasteiger partial charge in [0.15, 0.2) is 17.4 Å². The van der Waals surface area contributed by atoms with E-state index in [1.165, 1.54) is 19.1 Å². The summed E-state index contributed by atoms with van der Waals surface area (Å²) in [6, 6.07) is 12.2. The lowest BCUT2D eigenvalue weighted by Gasteiger charge is -2.35. The van der Waals surface area contributed by atoms with Crippen molar-refractivity contribution in [3.8, 4) is 11.3 Å². The molecule has 8 heteroatoms. The number of aromatic nitrogens is 1. The van der Waals surface area contributed by atoms with Gasteiger partial charge in [-0.05, 0) is 64.9 Å². The number of nitrogens with zero attached hydrogens (tertiary/aromatic N) is 1. The minimum Gasteiger partial charge on any atom is -0.356 e. The molecule has 1 saturated heterocycles. The topological polar surface area (TPSA) is 67.2 Å². The third-order valence-corrected chi connectivity index (χ3v) is 6.96. The largest absolute Gasteiger partial charge is 0.356 e. The Balaban J connectivity index is 1.66. The Morgan fingerprint density at radius 2 is 2.00 bits per heavy atom. The van der Waals surface area contributed by atoms with Gasteiger partial charge in [0.25, 0.3) is 0 Å². The molecule has 3 atom stereocenters. The molecule has 0 saturated carbocycles. The standard InChI is InChI=1S/C25H26BrF2N3O2/c1-14-11-19(17-7-8-21(27)22(28)12-17)20(13-30-14)24-23(26)25(33-31-24)18-6-4-3-5-16(18)9-10-29-15(2)32/h3-8,12,14,19-20,30H,9-11,13H2,1-2H3,(H,29,32)/t14-,19+,20-/m0/s1. The van der Waals surface area contributed by atoms with Crippen molar-refractivity contribution in [1.82, 2.24) is 15.8 Å². The Morgan fingerprint density at radius 1 is 1.21 bits per heavy atom. The summed E-state index contributed by atoms with van der Waals surface area (Å²) in [5, 5.41) is 10.7. The normalized spacial score (nSPS) is 20.6. The molecule has 0 radical (unpaired) electrons. The molecule has 2 N–H and O–H groups in total. The molecule has 4 rings (SSSR count). The van der Waals surface area contributed by atoms with Crippen LogP contribution in [0.15, 0.2) is 51.5 Å². The minimum atomic E-state index is -0.849. The number of nitrogens with one attached hydrogen (secondary N) is 2. The monoisotopic (exact) mass is 517 g/mol. The second-order valence-electron chi connectivity index (χ2n) is 8.53. The summed E-state index contributed by atoms with van der Waals surface area (Å²) in [7, 11) is 0. The second-order valence-corrected chi connectivity index (χ2v) is 9.33.